The van der Waals surface area contributed by atoms with E-state index in [0.29, 0.717) is 23.1 Å². The number of carbonyl (C=O) groups is 2. The Kier molecular flexibility index (Phi) is 6.08. The second kappa shape index (κ2) is 8.46. The molecule has 0 spiro atoms. The summed E-state index contributed by atoms with van der Waals surface area (Å²) in [6, 6.07) is 0. The lowest BCUT2D eigenvalue weighted by atomic mass is 9.72. The molecule has 0 saturated carbocycles. The molecular weight excluding hydrogens is 414 g/mol. The summed E-state index contributed by atoms with van der Waals surface area (Å²) in [5, 5.41) is 5.75. The van der Waals surface area contributed by atoms with Crippen LogP contribution in [0.15, 0.2) is 5.38 Å². The van der Waals surface area contributed by atoms with Gasteiger partial charge < -0.3 is 10.1 Å². The van der Waals surface area contributed by atoms with Gasteiger partial charge in [-0.25, -0.2) is 4.79 Å². The number of anilines is 1. The van der Waals surface area contributed by atoms with Crippen LogP contribution in [0.25, 0.3) is 0 Å². The minimum absolute atomic E-state index is 0.0918. The van der Waals surface area contributed by atoms with Crippen LogP contribution in [0, 0.1) is 11.3 Å². The van der Waals surface area contributed by atoms with Gasteiger partial charge in [-0.2, -0.15) is 0 Å². The van der Waals surface area contributed by atoms with E-state index >= 15 is 0 Å². The average Bonchev–Trinajstić information content (AvgIpc) is 3.27. The van der Waals surface area contributed by atoms with Gasteiger partial charge in [0.25, 0.3) is 5.91 Å². The molecule has 1 amide bonds. The second-order valence-corrected chi connectivity index (χ2v) is 11.5. The van der Waals surface area contributed by atoms with E-state index in [1.54, 1.807) is 22.7 Å². The molecular formula is C24H31NO3S2. The van der Waals surface area contributed by atoms with Gasteiger partial charge in [0.05, 0.1) is 17.7 Å². The highest BCUT2D eigenvalue weighted by molar-refractivity contribution is 7.17. The fraction of sp³-hybridized carbons (Fsp3) is 0.583. The van der Waals surface area contributed by atoms with Gasteiger partial charge in [0, 0.05) is 15.1 Å². The average molecular weight is 446 g/mol. The number of nitrogens with one attached hydrogen (secondary N) is 1. The van der Waals surface area contributed by atoms with Gasteiger partial charge in [-0.15, -0.1) is 22.7 Å². The molecule has 4 rings (SSSR count). The van der Waals surface area contributed by atoms with Crippen molar-refractivity contribution < 1.29 is 14.3 Å². The monoisotopic (exact) mass is 445 g/mol. The predicted molar refractivity (Wildman–Crippen MR) is 124 cm³/mol. The quantitative estimate of drug-likeness (QED) is 0.564. The van der Waals surface area contributed by atoms with Crippen molar-refractivity contribution in [3.63, 3.8) is 0 Å². The Morgan fingerprint density at radius 2 is 1.90 bits per heavy atom. The standard InChI is InChI=1S/C24H31NO3S2/c1-5-28-23(27)20-16-8-6-7-9-18(16)30-22(20)25-21(26)17-13-29-19-12-14(24(2,3)4)10-11-15(17)19/h13-14H,5-12H2,1-4H3,(H,25,26). The zero-order chi connectivity index (χ0) is 21.5. The van der Waals surface area contributed by atoms with Gasteiger partial charge >= 0.3 is 5.97 Å². The van der Waals surface area contributed by atoms with E-state index < -0.39 is 0 Å². The number of amides is 1. The Balaban J connectivity index is 1.59. The number of rotatable bonds is 4. The molecule has 0 saturated heterocycles. The Labute approximate surface area is 187 Å². The molecule has 6 heteroatoms. The van der Waals surface area contributed by atoms with Crippen LogP contribution in [0.4, 0.5) is 5.00 Å². The molecule has 1 N–H and O–H groups in total. The maximum Gasteiger partial charge on any atom is 0.341 e. The van der Waals surface area contributed by atoms with E-state index in [-0.39, 0.29) is 17.3 Å². The van der Waals surface area contributed by atoms with Crippen molar-refractivity contribution in [2.24, 2.45) is 11.3 Å². The first-order valence-corrected chi connectivity index (χ1v) is 12.7. The molecule has 162 valence electrons. The summed E-state index contributed by atoms with van der Waals surface area (Å²) in [6.07, 6.45) is 7.21. The van der Waals surface area contributed by atoms with E-state index in [0.717, 1.165) is 56.1 Å². The summed E-state index contributed by atoms with van der Waals surface area (Å²) in [5.74, 6) is 0.248. The molecule has 2 aromatic rings. The molecule has 0 fully saturated rings. The number of carbonyl (C=O) groups excluding carboxylic acids is 2. The number of hydrogen-bond acceptors (Lipinski definition) is 5. The predicted octanol–water partition coefficient (Wildman–Crippen LogP) is 6.27. The molecule has 2 aromatic heterocycles. The number of hydrogen-bond donors (Lipinski definition) is 1. The number of fused-ring (bicyclic) bond motifs is 2. The Hall–Kier alpha value is -1.66. The van der Waals surface area contributed by atoms with Crippen molar-refractivity contribution in [2.45, 2.75) is 72.6 Å². The summed E-state index contributed by atoms with van der Waals surface area (Å²) in [7, 11) is 0. The van der Waals surface area contributed by atoms with Crippen LogP contribution in [0.5, 0.6) is 0 Å². The lowest BCUT2D eigenvalue weighted by molar-refractivity contribution is 0.0526. The first kappa shape index (κ1) is 21.6. The van der Waals surface area contributed by atoms with Crippen LogP contribution >= 0.6 is 22.7 Å². The van der Waals surface area contributed by atoms with Crippen molar-refractivity contribution in [1.29, 1.82) is 0 Å². The zero-order valence-corrected chi connectivity index (χ0v) is 20.0. The number of aryl methyl sites for hydroxylation is 1. The number of esters is 1. The van der Waals surface area contributed by atoms with Crippen LogP contribution in [0.3, 0.4) is 0 Å². The van der Waals surface area contributed by atoms with Crippen molar-refractivity contribution >= 4 is 39.6 Å². The molecule has 30 heavy (non-hydrogen) atoms. The second-order valence-electron chi connectivity index (χ2n) is 9.45. The smallest absolute Gasteiger partial charge is 0.341 e. The summed E-state index contributed by atoms with van der Waals surface area (Å²) in [4.78, 5) is 28.5. The van der Waals surface area contributed by atoms with Crippen molar-refractivity contribution in [3.8, 4) is 0 Å². The van der Waals surface area contributed by atoms with Crippen molar-refractivity contribution in [2.75, 3.05) is 11.9 Å². The zero-order valence-electron chi connectivity index (χ0n) is 18.4. The van der Waals surface area contributed by atoms with E-state index in [2.05, 4.69) is 26.1 Å². The molecule has 1 unspecified atom stereocenters. The fourth-order valence-electron chi connectivity index (χ4n) is 4.69. The SMILES string of the molecule is CCOC(=O)c1c(NC(=O)c2csc3c2CCC(C(C)(C)C)C3)sc2c1CCCC2. The normalized spacial score (nSPS) is 18.5. The molecule has 0 bridgehead atoms. The van der Waals surface area contributed by atoms with Gasteiger partial charge in [-0.1, -0.05) is 20.8 Å². The first-order chi connectivity index (χ1) is 14.3. The molecule has 0 aliphatic heterocycles. The molecule has 2 heterocycles. The lowest BCUT2D eigenvalue weighted by Crippen LogP contribution is -2.27. The molecule has 2 aliphatic carbocycles. The molecule has 1 atom stereocenters. The van der Waals surface area contributed by atoms with Crippen LogP contribution in [0.2, 0.25) is 0 Å². The summed E-state index contributed by atoms with van der Waals surface area (Å²) < 4.78 is 5.32. The van der Waals surface area contributed by atoms with Crippen molar-refractivity contribution in [1.82, 2.24) is 0 Å². The minimum Gasteiger partial charge on any atom is -0.462 e. The highest BCUT2D eigenvalue weighted by atomic mass is 32.1. The van der Waals surface area contributed by atoms with Crippen LogP contribution in [-0.4, -0.2) is 18.5 Å². The third-order valence-electron chi connectivity index (χ3n) is 6.50. The Bertz CT molecular complexity index is 964. The minimum atomic E-state index is -0.312. The maximum atomic E-state index is 13.2. The molecule has 2 aliphatic rings. The lowest BCUT2D eigenvalue weighted by Gasteiger charge is -2.34. The van der Waals surface area contributed by atoms with E-state index in [4.69, 9.17) is 4.74 Å². The fourth-order valence-corrected chi connectivity index (χ4v) is 7.12. The van der Waals surface area contributed by atoms with Gasteiger partial charge in [0.2, 0.25) is 0 Å². The first-order valence-electron chi connectivity index (χ1n) is 11.0. The highest BCUT2D eigenvalue weighted by Gasteiger charge is 2.33. The van der Waals surface area contributed by atoms with Crippen molar-refractivity contribution in [3.05, 3.63) is 37.4 Å². The number of ether oxygens (including phenoxy) is 1. The highest BCUT2D eigenvalue weighted by Crippen LogP contribution is 2.42. The molecule has 0 radical (unpaired) electrons. The van der Waals surface area contributed by atoms with Crippen LogP contribution < -0.4 is 5.32 Å². The number of thiophene rings is 2. The third kappa shape index (κ3) is 4.09. The van der Waals surface area contributed by atoms with E-state index in [1.165, 1.54) is 15.3 Å². The maximum absolute atomic E-state index is 13.2. The summed E-state index contributed by atoms with van der Waals surface area (Å²) in [6.45, 7) is 9.07. The van der Waals surface area contributed by atoms with Gasteiger partial charge in [-0.3, -0.25) is 4.79 Å². The largest absolute Gasteiger partial charge is 0.462 e. The third-order valence-corrected chi connectivity index (χ3v) is 8.76. The Morgan fingerprint density at radius 1 is 1.13 bits per heavy atom. The van der Waals surface area contributed by atoms with Crippen LogP contribution in [-0.2, 0) is 30.4 Å². The van der Waals surface area contributed by atoms with Gasteiger partial charge in [-0.05, 0) is 74.3 Å². The van der Waals surface area contributed by atoms with Gasteiger partial charge in [0.1, 0.15) is 5.00 Å². The summed E-state index contributed by atoms with van der Waals surface area (Å²) >= 11 is 3.26. The summed E-state index contributed by atoms with van der Waals surface area (Å²) in [5.41, 5.74) is 3.94. The molecule has 0 aromatic carbocycles. The molecule has 4 nitrogen and oxygen atoms in total. The Morgan fingerprint density at radius 3 is 2.63 bits per heavy atom. The van der Waals surface area contributed by atoms with Crippen LogP contribution in [0.1, 0.15) is 88.6 Å². The van der Waals surface area contributed by atoms with E-state index in [1.807, 2.05) is 12.3 Å². The van der Waals surface area contributed by atoms with Gasteiger partial charge in [0.15, 0.2) is 0 Å². The topological polar surface area (TPSA) is 55.4 Å². The van der Waals surface area contributed by atoms with E-state index in [9.17, 15) is 9.59 Å².